The van der Waals surface area contributed by atoms with Crippen LogP contribution in [0.4, 0.5) is 0 Å². The summed E-state index contributed by atoms with van der Waals surface area (Å²) in [5.74, 6) is 1.60. The first kappa shape index (κ1) is 22.8. The Morgan fingerprint density at radius 2 is 1.26 bits per heavy atom. The first-order valence-electron chi connectivity index (χ1n) is 9.10. The molecule has 0 heterocycles. The molecule has 0 saturated carbocycles. The second-order valence-corrected chi connectivity index (χ2v) is 8.17. The Balaban J connectivity index is 0.000000176. The summed E-state index contributed by atoms with van der Waals surface area (Å²) in [6.45, 7) is 0.402. The molecule has 0 bridgehead atoms. The van der Waals surface area contributed by atoms with Crippen LogP contribution in [0.25, 0.3) is 21.5 Å². The van der Waals surface area contributed by atoms with Gasteiger partial charge in [0.2, 0.25) is 0 Å². The molecule has 0 unspecified atom stereocenters. The van der Waals surface area contributed by atoms with Gasteiger partial charge in [-0.15, -0.1) is 0 Å². The third-order valence-corrected chi connectivity index (χ3v) is 5.59. The predicted octanol–water partition coefficient (Wildman–Crippen LogP) is 6.57. The number of rotatable bonds is 5. The van der Waals surface area contributed by atoms with Crippen molar-refractivity contribution in [2.75, 3.05) is 14.2 Å². The number of carbonyl (C=O) groups is 2. The van der Waals surface area contributed by atoms with E-state index in [0.717, 1.165) is 36.8 Å². The zero-order valence-corrected chi connectivity index (χ0v) is 19.9. The van der Waals surface area contributed by atoms with E-state index in [1.807, 2.05) is 48.5 Å². The van der Waals surface area contributed by atoms with Crippen LogP contribution in [0.1, 0.15) is 10.4 Å². The molecule has 4 aromatic carbocycles. The minimum Gasteiger partial charge on any atom is -0.496 e. The number of fused-ring (bicyclic) bond motifs is 2. The molecule has 0 fully saturated rings. The minimum atomic E-state index is 0.402. The lowest BCUT2D eigenvalue weighted by atomic mass is 10.0. The number of hydrogen-bond acceptors (Lipinski definition) is 5. The van der Waals surface area contributed by atoms with Crippen LogP contribution in [0.3, 0.4) is 0 Å². The van der Waals surface area contributed by atoms with Gasteiger partial charge in [-0.1, -0.05) is 50.1 Å². The van der Waals surface area contributed by atoms with E-state index in [1.165, 1.54) is 7.11 Å². The zero-order chi connectivity index (χ0) is 22.4. The first-order chi connectivity index (χ1) is 15.0. The first-order valence-corrected chi connectivity index (χ1v) is 10.7. The second-order valence-electron chi connectivity index (χ2n) is 6.34. The van der Waals surface area contributed by atoms with E-state index in [0.29, 0.717) is 29.3 Å². The molecule has 158 valence electrons. The molecule has 0 aliphatic heterocycles. The van der Waals surface area contributed by atoms with Crippen LogP contribution < -0.4 is 14.2 Å². The highest BCUT2D eigenvalue weighted by atomic mass is 79.9. The monoisotopic (exact) mass is 544 g/mol. The number of halogens is 2. The van der Waals surface area contributed by atoms with Crippen LogP contribution in [0, 0.1) is 0 Å². The van der Waals surface area contributed by atoms with Gasteiger partial charge in [0.05, 0.1) is 19.8 Å². The van der Waals surface area contributed by atoms with E-state index >= 15 is 0 Å². The zero-order valence-electron chi connectivity index (χ0n) is 16.7. The Morgan fingerprint density at radius 3 is 1.81 bits per heavy atom. The third-order valence-electron chi connectivity index (χ3n) is 4.60. The van der Waals surface area contributed by atoms with Crippen molar-refractivity contribution in [1.29, 1.82) is 0 Å². The third kappa shape index (κ3) is 5.06. The fraction of sp³-hybridized carbons (Fsp3) is 0.0833. The Labute approximate surface area is 196 Å². The van der Waals surface area contributed by atoms with E-state index < -0.39 is 0 Å². The smallest absolute Gasteiger partial charge is 0.298 e. The Kier molecular flexibility index (Phi) is 7.65. The van der Waals surface area contributed by atoms with Crippen molar-refractivity contribution >= 4 is 66.2 Å². The molecule has 7 heteroatoms. The number of methoxy groups -OCH3 is 2. The molecule has 31 heavy (non-hydrogen) atoms. The van der Waals surface area contributed by atoms with Gasteiger partial charge in [0, 0.05) is 14.3 Å². The van der Waals surface area contributed by atoms with Gasteiger partial charge in [-0.3, -0.25) is 9.59 Å². The summed E-state index contributed by atoms with van der Waals surface area (Å²) in [6.07, 6.45) is 0.828. The normalized spacial score (nSPS) is 10.2. The molecule has 0 N–H and O–H groups in total. The van der Waals surface area contributed by atoms with Crippen molar-refractivity contribution < 1.29 is 23.8 Å². The van der Waals surface area contributed by atoms with E-state index in [2.05, 4.69) is 31.9 Å². The standard InChI is InChI=1S/C12H9BrO3.C12H9BrO2/c1-15-11-5-2-8-6-9(13)3-4-10(8)12(11)16-7-14;1-15-12-5-2-8-6-9(13)3-4-10(8)11(12)7-14/h2-7H,1H3;2-7H,1H3. The highest BCUT2D eigenvalue weighted by Crippen LogP contribution is 2.36. The Morgan fingerprint density at radius 1 is 0.710 bits per heavy atom. The molecule has 5 nitrogen and oxygen atoms in total. The lowest BCUT2D eigenvalue weighted by Crippen LogP contribution is -1.94. The highest BCUT2D eigenvalue weighted by molar-refractivity contribution is 9.10. The lowest BCUT2D eigenvalue weighted by Gasteiger charge is -2.09. The van der Waals surface area contributed by atoms with Crippen LogP contribution in [0.2, 0.25) is 0 Å². The van der Waals surface area contributed by atoms with Crippen LogP contribution >= 0.6 is 31.9 Å². The summed E-state index contributed by atoms with van der Waals surface area (Å²) in [6, 6.07) is 18.9. The van der Waals surface area contributed by atoms with Gasteiger partial charge < -0.3 is 14.2 Å². The van der Waals surface area contributed by atoms with Gasteiger partial charge in [-0.05, 0) is 58.6 Å². The molecule has 0 aliphatic rings. The second kappa shape index (κ2) is 10.4. The molecule has 0 radical (unpaired) electrons. The van der Waals surface area contributed by atoms with Crippen LogP contribution in [-0.4, -0.2) is 27.0 Å². The van der Waals surface area contributed by atoms with Gasteiger partial charge in [-0.2, -0.15) is 0 Å². The van der Waals surface area contributed by atoms with Crippen LogP contribution in [0.15, 0.2) is 69.6 Å². The lowest BCUT2D eigenvalue weighted by molar-refractivity contribution is -0.120. The number of hydrogen-bond donors (Lipinski definition) is 0. The number of aldehydes is 1. The quantitative estimate of drug-likeness (QED) is 0.265. The van der Waals surface area contributed by atoms with E-state index in [1.54, 1.807) is 19.2 Å². The van der Waals surface area contributed by atoms with E-state index in [4.69, 9.17) is 14.2 Å². The number of benzene rings is 4. The maximum absolute atomic E-state index is 11.0. The van der Waals surface area contributed by atoms with Gasteiger partial charge in [-0.25, -0.2) is 0 Å². The van der Waals surface area contributed by atoms with Crippen LogP contribution in [0.5, 0.6) is 17.2 Å². The van der Waals surface area contributed by atoms with Crippen LogP contribution in [-0.2, 0) is 4.79 Å². The van der Waals surface area contributed by atoms with Crippen molar-refractivity contribution in [3.8, 4) is 17.2 Å². The largest absolute Gasteiger partial charge is 0.496 e. The molecule has 0 amide bonds. The fourth-order valence-corrected chi connectivity index (χ4v) is 3.94. The molecule has 4 rings (SSSR count). The number of ether oxygens (including phenoxy) is 3. The fourth-order valence-electron chi connectivity index (χ4n) is 3.19. The van der Waals surface area contributed by atoms with E-state index in [-0.39, 0.29) is 0 Å². The summed E-state index contributed by atoms with van der Waals surface area (Å²) < 4.78 is 17.2. The van der Waals surface area contributed by atoms with Gasteiger partial charge >= 0.3 is 0 Å². The van der Waals surface area contributed by atoms with Gasteiger partial charge in [0.1, 0.15) is 5.75 Å². The maximum atomic E-state index is 11.0. The van der Waals surface area contributed by atoms with E-state index in [9.17, 15) is 9.59 Å². The van der Waals surface area contributed by atoms with Crippen molar-refractivity contribution in [1.82, 2.24) is 0 Å². The predicted molar refractivity (Wildman–Crippen MR) is 128 cm³/mol. The maximum Gasteiger partial charge on any atom is 0.298 e. The summed E-state index contributed by atoms with van der Waals surface area (Å²) in [5, 5.41) is 3.75. The van der Waals surface area contributed by atoms with Crippen molar-refractivity contribution in [3.05, 3.63) is 75.2 Å². The average Bonchev–Trinajstić information content (AvgIpc) is 2.78. The highest BCUT2D eigenvalue weighted by Gasteiger charge is 2.10. The number of carbonyl (C=O) groups excluding carboxylic acids is 2. The van der Waals surface area contributed by atoms with Crippen molar-refractivity contribution in [2.24, 2.45) is 0 Å². The topological polar surface area (TPSA) is 61.8 Å². The minimum absolute atomic E-state index is 0.402. The Bertz CT molecular complexity index is 1250. The van der Waals surface area contributed by atoms with Crippen molar-refractivity contribution in [2.45, 2.75) is 0 Å². The molecule has 4 aromatic rings. The average molecular weight is 546 g/mol. The summed E-state index contributed by atoms with van der Waals surface area (Å²) in [4.78, 5) is 21.5. The molecule has 0 aliphatic carbocycles. The molecule has 0 aromatic heterocycles. The summed E-state index contributed by atoms with van der Waals surface area (Å²) >= 11 is 6.78. The summed E-state index contributed by atoms with van der Waals surface area (Å²) in [5.41, 5.74) is 0.600. The SMILES string of the molecule is COc1ccc2cc(Br)ccc2c1C=O.COc1ccc2cc(Br)ccc2c1OC=O. The van der Waals surface area contributed by atoms with Gasteiger partial charge in [0.25, 0.3) is 6.47 Å². The van der Waals surface area contributed by atoms with Gasteiger partial charge in [0.15, 0.2) is 17.8 Å². The molecule has 0 spiro atoms. The summed E-state index contributed by atoms with van der Waals surface area (Å²) in [7, 11) is 3.10. The molecule has 0 atom stereocenters. The molecule has 0 saturated heterocycles. The van der Waals surface area contributed by atoms with Crippen molar-refractivity contribution in [3.63, 3.8) is 0 Å². The Hall–Kier alpha value is -2.90. The molecular formula is C24H18Br2O5. The molecular weight excluding hydrogens is 528 g/mol.